The number of aliphatic imine (C=N–C) groups is 1. The molecule has 2 aliphatic rings. The van der Waals surface area contributed by atoms with Crippen LogP contribution in [0.25, 0.3) is 0 Å². The van der Waals surface area contributed by atoms with Crippen molar-refractivity contribution in [2.24, 2.45) is 4.99 Å². The minimum Gasteiger partial charge on any atom is -0.357 e. The molecule has 2 N–H and O–H groups in total. The van der Waals surface area contributed by atoms with Gasteiger partial charge in [0.15, 0.2) is 5.96 Å². The largest absolute Gasteiger partial charge is 0.357 e. The number of likely N-dealkylation sites (tertiary alicyclic amines) is 2. The SMILES string of the molecule is CCNC(=NCC1CCCN1Cc1ccccc1)N1CCC(c2ncn[nH]2)CC1. The van der Waals surface area contributed by atoms with Crippen LogP contribution in [-0.2, 0) is 6.54 Å². The monoisotopic (exact) mass is 395 g/mol. The molecule has 0 radical (unpaired) electrons. The molecular weight excluding hydrogens is 362 g/mol. The summed E-state index contributed by atoms with van der Waals surface area (Å²) >= 11 is 0. The van der Waals surface area contributed by atoms with Crippen LogP contribution >= 0.6 is 0 Å². The molecular formula is C22H33N7. The summed E-state index contributed by atoms with van der Waals surface area (Å²) < 4.78 is 0. The van der Waals surface area contributed by atoms with Crippen molar-refractivity contribution in [2.45, 2.75) is 51.1 Å². The average molecular weight is 396 g/mol. The van der Waals surface area contributed by atoms with Gasteiger partial charge in [-0.1, -0.05) is 30.3 Å². The molecule has 1 aromatic carbocycles. The van der Waals surface area contributed by atoms with Crippen molar-refractivity contribution in [2.75, 3.05) is 32.7 Å². The highest BCUT2D eigenvalue weighted by Gasteiger charge is 2.26. The Hall–Kier alpha value is -2.41. The van der Waals surface area contributed by atoms with Crippen molar-refractivity contribution in [3.05, 3.63) is 48.0 Å². The van der Waals surface area contributed by atoms with E-state index in [-0.39, 0.29) is 0 Å². The highest BCUT2D eigenvalue weighted by atomic mass is 15.3. The lowest BCUT2D eigenvalue weighted by molar-refractivity contribution is 0.248. The lowest BCUT2D eigenvalue weighted by atomic mass is 9.96. The Balaban J connectivity index is 1.34. The lowest BCUT2D eigenvalue weighted by Gasteiger charge is -2.34. The zero-order valence-electron chi connectivity index (χ0n) is 17.4. The molecule has 2 aliphatic heterocycles. The van der Waals surface area contributed by atoms with Gasteiger partial charge < -0.3 is 10.2 Å². The zero-order valence-corrected chi connectivity index (χ0v) is 17.4. The van der Waals surface area contributed by atoms with Gasteiger partial charge >= 0.3 is 0 Å². The summed E-state index contributed by atoms with van der Waals surface area (Å²) in [5.74, 6) is 2.57. The summed E-state index contributed by atoms with van der Waals surface area (Å²) in [5, 5.41) is 10.5. The van der Waals surface area contributed by atoms with Crippen LogP contribution in [0.4, 0.5) is 0 Å². The molecule has 3 heterocycles. The second-order valence-corrected chi connectivity index (χ2v) is 8.08. The summed E-state index contributed by atoms with van der Waals surface area (Å²) in [6.45, 7) is 8.14. The number of aromatic amines is 1. The molecule has 7 nitrogen and oxygen atoms in total. The van der Waals surface area contributed by atoms with E-state index in [2.05, 4.69) is 67.6 Å². The number of rotatable bonds is 6. The Bertz CT molecular complexity index is 751. The van der Waals surface area contributed by atoms with E-state index < -0.39 is 0 Å². The molecule has 0 spiro atoms. The molecule has 2 aromatic rings. The number of piperidine rings is 1. The highest BCUT2D eigenvalue weighted by Crippen LogP contribution is 2.25. The minimum absolute atomic E-state index is 0.479. The molecule has 0 amide bonds. The molecule has 1 unspecified atom stereocenters. The molecule has 0 bridgehead atoms. The second-order valence-electron chi connectivity index (χ2n) is 8.08. The predicted octanol–water partition coefficient (Wildman–Crippen LogP) is 2.61. The Morgan fingerprint density at radius 2 is 2.00 bits per heavy atom. The molecule has 156 valence electrons. The van der Waals surface area contributed by atoms with Crippen molar-refractivity contribution < 1.29 is 0 Å². The first-order chi connectivity index (χ1) is 14.3. The van der Waals surface area contributed by atoms with Crippen molar-refractivity contribution in [3.8, 4) is 0 Å². The van der Waals surface area contributed by atoms with E-state index in [1.54, 1.807) is 6.33 Å². The number of guanidine groups is 1. The summed E-state index contributed by atoms with van der Waals surface area (Å²) in [5.41, 5.74) is 1.39. The van der Waals surface area contributed by atoms with Gasteiger partial charge in [-0.15, -0.1) is 0 Å². The van der Waals surface area contributed by atoms with E-state index in [1.807, 2.05) is 0 Å². The molecule has 29 heavy (non-hydrogen) atoms. The van der Waals surface area contributed by atoms with Gasteiger partial charge in [0, 0.05) is 38.1 Å². The summed E-state index contributed by atoms with van der Waals surface area (Å²) in [6.07, 6.45) is 6.29. The zero-order chi connectivity index (χ0) is 19.9. The quantitative estimate of drug-likeness (QED) is 0.581. The maximum Gasteiger partial charge on any atom is 0.193 e. The molecule has 0 saturated carbocycles. The number of nitrogens with zero attached hydrogens (tertiary/aromatic N) is 5. The van der Waals surface area contributed by atoms with Gasteiger partial charge in [0.25, 0.3) is 0 Å². The van der Waals surface area contributed by atoms with E-state index in [9.17, 15) is 0 Å². The Kier molecular flexibility index (Phi) is 6.77. The van der Waals surface area contributed by atoms with Crippen molar-refractivity contribution in [1.82, 2.24) is 30.3 Å². The summed E-state index contributed by atoms with van der Waals surface area (Å²) in [6, 6.07) is 11.3. The molecule has 7 heteroatoms. The Labute approximate surface area is 173 Å². The van der Waals surface area contributed by atoms with E-state index in [0.717, 1.165) is 57.3 Å². The fourth-order valence-corrected chi connectivity index (χ4v) is 4.52. The van der Waals surface area contributed by atoms with Crippen LogP contribution in [0.3, 0.4) is 0 Å². The van der Waals surface area contributed by atoms with Gasteiger partial charge in [-0.2, -0.15) is 5.10 Å². The topological polar surface area (TPSA) is 72.4 Å². The third-order valence-corrected chi connectivity index (χ3v) is 6.13. The molecule has 0 aliphatic carbocycles. The first-order valence-electron chi connectivity index (χ1n) is 11.0. The van der Waals surface area contributed by atoms with Gasteiger partial charge in [-0.25, -0.2) is 4.98 Å². The van der Waals surface area contributed by atoms with Crippen LogP contribution in [0, 0.1) is 0 Å². The maximum atomic E-state index is 5.05. The third-order valence-electron chi connectivity index (χ3n) is 6.13. The second kappa shape index (κ2) is 9.87. The number of benzene rings is 1. The third kappa shape index (κ3) is 5.15. The van der Waals surface area contributed by atoms with Crippen molar-refractivity contribution >= 4 is 5.96 Å². The van der Waals surface area contributed by atoms with E-state index in [0.29, 0.717) is 12.0 Å². The number of H-pyrrole nitrogens is 1. The van der Waals surface area contributed by atoms with Gasteiger partial charge in [0.05, 0.1) is 6.54 Å². The summed E-state index contributed by atoms with van der Waals surface area (Å²) in [7, 11) is 0. The molecule has 1 atom stereocenters. The smallest absolute Gasteiger partial charge is 0.193 e. The fourth-order valence-electron chi connectivity index (χ4n) is 4.52. The van der Waals surface area contributed by atoms with E-state index in [1.165, 1.54) is 24.9 Å². The van der Waals surface area contributed by atoms with Crippen LogP contribution in [-0.4, -0.2) is 69.7 Å². The van der Waals surface area contributed by atoms with Gasteiger partial charge in [0.2, 0.25) is 0 Å². The predicted molar refractivity (Wildman–Crippen MR) is 116 cm³/mol. The molecule has 4 rings (SSSR count). The van der Waals surface area contributed by atoms with Crippen LogP contribution in [0.15, 0.2) is 41.7 Å². The van der Waals surface area contributed by atoms with Gasteiger partial charge in [-0.3, -0.25) is 15.0 Å². The highest BCUT2D eigenvalue weighted by molar-refractivity contribution is 5.80. The van der Waals surface area contributed by atoms with E-state index >= 15 is 0 Å². The minimum atomic E-state index is 0.479. The lowest BCUT2D eigenvalue weighted by Crippen LogP contribution is -2.46. The number of nitrogens with one attached hydrogen (secondary N) is 2. The standard InChI is InChI=1S/C22H33N7/c1-2-23-22(28-13-10-19(11-14-28)21-25-17-26-27-21)24-15-20-9-6-12-29(20)16-18-7-4-3-5-8-18/h3-5,7-8,17,19-20H,2,6,9-16H2,1H3,(H,23,24)(H,25,26,27). The number of aromatic nitrogens is 3. The van der Waals surface area contributed by atoms with Gasteiger partial charge in [0.1, 0.15) is 12.2 Å². The number of hydrogen-bond donors (Lipinski definition) is 2. The Morgan fingerprint density at radius 3 is 2.72 bits per heavy atom. The maximum absolute atomic E-state index is 5.05. The van der Waals surface area contributed by atoms with E-state index in [4.69, 9.17) is 4.99 Å². The van der Waals surface area contributed by atoms with Crippen LogP contribution in [0.5, 0.6) is 0 Å². The summed E-state index contributed by atoms with van der Waals surface area (Å²) in [4.78, 5) is 14.4. The Morgan fingerprint density at radius 1 is 1.17 bits per heavy atom. The number of hydrogen-bond acceptors (Lipinski definition) is 4. The normalized spacial score (nSPS) is 21.6. The van der Waals surface area contributed by atoms with Gasteiger partial charge in [-0.05, 0) is 44.7 Å². The first-order valence-corrected chi connectivity index (χ1v) is 11.0. The van der Waals surface area contributed by atoms with Crippen molar-refractivity contribution in [1.29, 1.82) is 0 Å². The van der Waals surface area contributed by atoms with Crippen molar-refractivity contribution in [3.63, 3.8) is 0 Å². The fraction of sp³-hybridized carbons (Fsp3) is 0.591. The van der Waals surface area contributed by atoms with Crippen LogP contribution in [0.2, 0.25) is 0 Å². The molecule has 2 fully saturated rings. The van der Waals surface area contributed by atoms with Crippen LogP contribution in [0.1, 0.15) is 49.9 Å². The average Bonchev–Trinajstić information content (AvgIpc) is 3.45. The molecule has 2 saturated heterocycles. The van der Waals surface area contributed by atoms with Crippen LogP contribution < -0.4 is 5.32 Å². The first kappa shape index (κ1) is 19.9. The molecule has 1 aromatic heterocycles.